The van der Waals surface area contributed by atoms with Crippen molar-refractivity contribution in [2.75, 3.05) is 6.54 Å². The number of hydrogen-bond acceptors (Lipinski definition) is 4. The van der Waals surface area contributed by atoms with Gasteiger partial charge >= 0.3 is 12.3 Å². The summed E-state index contributed by atoms with van der Waals surface area (Å²) in [5.41, 5.74) is -0.669. The largest absolute Gasteiger partial charge is 0.451 e. The summed E-state index contributed by atoms with van der Waals surface area (Å²) in [5.74, 6) is -0.878. The molecular weight excluding hydrogens is 301 g/mol. The van der Waals surface area contributed by atoms with E-state index in [0.29, 0.717) is 6.42 Å². The van der Waals surface area contributed by atoms with E-state index in [1.807, 2.05) is 0 Å². The Morgan fingerprint density at radius 1 is 1.27 bits per heavy atom. The van der Waals surface area contributed by atoms with Crippen LogP contribution in [0.2, 0.25) is 0 Å². The maximum absolute atomic E-state index is 12.9. The lowest BCUT2D eigenvalue weighted by Gasteiger charge is -2.36. The van der Waals surface area contributed by atoms with Gasteiger partial charge in [0.25, 0.3) is 0 Å². The summed E-state index contributed by atoms with van der Waals surface area (Å²) in [7, 11) is 0. The number of carbonyl (C=O) groups is 1. The maximum atomic E-state index is 12.9. The first-order valence-electron chi connectivity index (χ1n) is 7.04. The summed E-state index contributed by atoms with van der Waals surface area (Å²) >= 11 is 0. The summed E-state index contributed by atoms with van der Waals surface area (Å²) < 4.78 is 45.0. The molecular formula is C13H19F3N4O2. The van der Waals surface area contributed by atoms with Crippen LogP contribution in [0, 0.1) is 0 Å². The van der Waals surface area contributed by atoms with Crippen LogP contribution in [0.3, 0.4) is 0 Å². The first kappa shape index (κ1) is 16.6. The van der Waals surface area contributed by atoms with Gasteiger partial charge in [-0.3, -0.25) is 4.90 Å². The number of halogens is 3. The maximum Gasteiger partial charge on any atom is 0.451 e. The van der Waals surface area contributed by atoms with Gasteiger partial charge in [0.15, 0.2) is 5.82 Å². The number of fused-ring (bicyclic) bond motifs is 1. The lowest BCUT2D eigenvalue weighted by Crippen LogP contribution is -2.45. The second-order valence-corrected chi connectivity index (χ2v) is 6.13. The number of carbonyl (C=O) groups excluding carboxylic acids is 1. The Morgan fingerprint density at radius 2 is 1.91 bits per heavy atom. The zero-order valence-electron chi connectivity index (χ0n) is 12.9. The van der Waals surface area contributed by atoms with Crippen LogP contribution in [0.4, 0.5) is 18.0 Å². The Bertz CT molecular complexity index is 563. The van der Waals surface area contributed by atoms with E-state index < -0.39 is 29.7 Å². The van der Waals surface area contributed by atoms with E-state index in [2.05, 4.69) is 10.2 Å². The molecule has 0 radical (unpaired) electrons. The molecule has 0 fully saturated rings. The van der Waals surface area contributed by atoms with E-state index >= 15 is 0 Å². The van der Waals surface area contributed by atoms with Gasteiger partial charge in [-0.15, -0.1) is 10.2 Å². The Kier molecular flexibility index (Phi) is 4.09. The Hall–Kier alpha value is -1.80. The molecule has 1 aromatic heterocycles. The SMILES string of the molecule is CCC1c2nnc(C(F)(F)F)n2CCN1C(=O)OC(C)(C)C. The zero-order chi connectivity index (χ0) is 16.7. The number of hydrogen-bond donors (Lipinski definition) is 0. The summed E-state index contributed by atoms with van der Waals surface area (Å²) in [6, 6.07) is -0.577. The second-order valence-electron chi connectivity index (χ2n) is 6.13. The molecule has 0 saturated heterocycles. The number of ether oxygens (including phenoxy) is 1. The molecule has 9 heteroatoms. The monoisotopic (exact) mass is 320 g/mol. The third kappa shape index (κ3) is 3.17. The highest BCUT2D eigenvalue weighted by atomic mass is 19.4. The van der Waals surface area contributed by atoms with Gasteiger partial charge in [-0.05, 0) is 27.2 Å². The van der Waals surface area contributed by atoms with E-state index in [9.17, 15) is 18.0 Å². The number of rotatable bonds is 1. The predicted molar refractivity (Wildman–Crippen MR) is 71.0 cm³/mol. The molecule has 0 saturated carbocycles. The quantitative estimate of drug-likeness (QED) is 0.798. The van der Waals surface area contributed by atoms with E-state index in [4.69, 9.17) is 4.74 Å². The third-order valence-corrected chi connectivity index (χ3v) is 3.29. The Balaban J connectivity index is 2.30. The summed E-state index contributed by atoms with van der Waals surface area (Å²) in [5, 5.41) is 6.89. The first-order chi connectivity index (χ1) is 10.0. The first-order valence-corrected chi connectivity index (χ1v) is 7.04. The number of nitrogens with zero attached hydrogens (tertiary/aromatic N) is 4. The summed E-state index contributed by atoms with van der Waals surface area (Å²) in [4.78, 5) is 13.6. The van der Waals surface area contributed by atoms with E-state index in [1.165, 1.54) is 4.90 Å². The molecule has 6 nitrogen and oxygen atoms in total. The van der Waals surface area contributed by atoms with Gasteiger partial charge in [0.1, 0.15) is 5.60 Å². The lowest BCUT2D eigenvalue weighted by molar-refractivity contribution is -0.148. The molecule has 22 heavy (non-hydrogen) atoms. The van der Waals surface area contributed by atoms with Gasteiger partial charge in [0, 0.05) is 13.1 Å². The number of alkyl halides is 3. The highest BCUT2D eigenvalue weighted by Gasteiger charge is 2.43. The highest BCUT2D eigenvalue weighted by molar-refractivity contribution is 5.68. The molecule has 1 aliphatic heterocycles. The molecule has 1 aromatic rings. The molecule has 1 aliphatic rings. The van der Waals surface area contributed by atoms with Crippen molar-refractivity contribution in [1.82, 2.24) is 19.7 Å². The van der Waals surface area contributed by atoms with E-state index in [-0.39, 0.29) is 18.9 Å². The molecule has 0 aliphatic carbocycles. The van der Waals surface area contributed by atoms with Gasteiger partial charge in [0.05, 0.1) is 6.04 Å². The Labute approximate surface area is 126 Å². The predicted octanol–water partition coefficient (Wildman–Crippen LogP) is 3.00. The van der Waals surface area contributed by atoms with Crippen LogP contribution >= 0.6 is 0 Å². The standard InChI is InChI=1S/C13H19F3N4O2/c1-5-8-9-17-18-10(13(14,15)16)20(9)7-6-19(8)11(21)22-12(2,3)4/h8H,5-7H2,1-4H3. The van der Waals surface area contributed by atoms with Gasteiger partial charge in [-0.25, -0.2) is 4.79 Å². The molecule has 2 heterocycles. The molecule has 0 spiro atoms. The van der Waals surface area contributed by atoms with Gasteiger partial charge in [-0.2, -0.15) is 13.2 Å². The van der Waals surface area contributed by atoms with Crippen molar-refractivity contribution in [3.8, 4) is 0 Å². The lowest BCUT2D eigenvalue weighted by atomic mass is 10.1. The molecule has 1 unspecified atom stereocenters. The van der Waals surface area contributed by atoms with Gasteiger partial charge < -0.3 is 9.30 Å². The highest BCUT2D eigenvalue weighted by Crippen LogP contribution is 2.34. The third-order valence-electron chi connectivity index (χ3n) is 3.29. The average Bonchev–Trinajstić information content (AvgIpc) is 2.78. The molecule has 0 aromatic carbocycles. The minimum Gasteiger partial charge on any atom is -0.444 e. The second kappa shape index (κ2) is 5.44. The van der Waals surface area contributed by atoms with Crippen LogP contribution < -0.4 is 0 Å². The minimum absolute atomic E-state index is 0.00702. The summed E-state index contributed by atoms with van der Waals surface area (Å²) in [6.45, 7) is 7.11. The fourth-order valence-corrected chi connectivity index (χ4v) is 2.44. The van der Waals surface area contributed by atoms with Gasteiger partial charge in [-0.1, -0.05) is 6.92 Å². The van der Waals surface area contributed by atoms with Crippen molar-refractivity contribution in [2.24, 2.45) is 0 Å². The number of aromatic nitrogens is 3. The van der Waals surface area contributed by atoms with Crippen LogP contribution in [-0.2, 0) is 17.5 Å². The molecule has 2 rings (SSSR count). The van der Waals surface area contributed by atoms with Crippen molar-refractivity contribution in [1.29, 1.82) is 0 Å². The van der Waals surface area contributed by atoms with Crippen molar-refractivity contribution in [3.63, 3.8) is 0 Å². The minimum atomic E-state index is -4.56. The number of amides is 1. The van der Waals surface area contributed by atoms with Crippen molar-refractivity contribution in [2.45, 2.75) is 58.5 Å². The van der Waals surface area contributed by atoms with Crippen LogP contribution in [0.5, 0.6) is 0 Å². The molecule has 0 N–H and O–H groups in total. The van der Waals surface area contributed by atoms with Crippen molar-refractivity contribution >= 4 is 6.09 Å². The molecule has 1 atom stereocenters. The van der Waals surface area contributed by atoms with Crippen LogP contribution in [-0.4, -0.2) is 37.9 Å². The topological polar surface area (TPSA) is 60.2 Å². The van der Waals surface area contributed by atoms with Crippen LogP contribution in [0.15, 0.2) is 0 Å². The average molecular weight is 320 g/mol. The Morgan fingerprint density at radius 3 is 2.41 bits per heavy atom. The normalized spacial score (nSPS) is 19.0. The van der Waals surface area contributed by atoms with E-state index in [0.717, 1.165) is 4.57 Å². The van der Waals surface area contributed by atoms with Crippen molar-refractivity contribution in [3.05, 3.63) is 11.6 Å². The molecule has 1 amide bonds. The van der Waals surface area contributed by atoms with Crippen LogP contribution in [0.25, 0.3) is 0 Å². The fourth-order valence-electron chi connectivity index (χ4n) is 2.44. The summed E-state index contributed by atoms with van der Waals surface area (Å²) in [6.07, 6.45) is -4.69. The van der Waals surface area contributed by atoms with Crippen LogP contribution in [0.1, 0.15) is 51.8 Å². The smallest absolute Gasteiger partial charge is 0.444 e. The van der Waals surface area contributed by atoms with E-state index in [1.54, 1.807) is 27.7 Å². The fraction of sp³-hybridized carbons (Fsp3) is 0.769. The molecule has 124 valence electrons. The van der Waals surface area contributed by atoms with Crippen molar-refractivity contribution < 1.29 is 22.7 Å². The zero-order valence-corrected chi connectivity index (χ0v) is 12.9. The molecule has 0 bridgehead atoms. The van der Waals surface area contributed by atoms with Gasteiger partial charge in [0.2, 0.25) is 5.82 Å².